The smallest absolute Gasteiger partial charge is 0.251 e. The van der Waals surface area contributed by atoms with Crippen LogP contribution in [0, 0.1) is 13.8 Å². The molecule has 0 saturated heterocycles. The van der Waals surface area contributed by atoms with Gasteiger partial charge in [-0.3, -0.25) is 0 Å². The van der Waals surface area contributed by atoms with Gasteiger partial charge in [0.25, 0.3) is 5.89 Å². The molecule has 0 fully saturated rings. The molecule has 0 unspecified atom stereocenters. The van der Waals surface area contributed by atoms with Gasteiger partial charge < -0.3 is 14.2 Å². The van der Waals surface area contributed by atoms with E-state index in [0.717, 1.165) is 27.7 Å². The molecular weight excluding hydrogens is 314 g/mol. The first-order valence-corrected chi connectivity index (χ1v) is 7.79. The standard InChI is InChI=1S/C17H18ClN3O2/c1-10-8-15(12(3)22-10)17-21-20-16(23-17)9-19-11(2)13-4-6-14(18)7-5-13/h4-8,11,19H,9H2,1-3H3/t11-/m0/s1. The van der Waals surface area contributed by atoms with Crippen LogP contribution in [0.25, 0.3) is 11.5 Å². The van der Waals surface area contributed by atoms with Gasteiger partial charge in [-0.05, 0) is 44.5 Å². The minimum absolute atomic E-state index is 0.153. The van der Waals surface area contributed by atoms with Crippen molar-refractivity contribution in [3.63, 3.8) is 0 Å². The van der Waals surface area contributed by atoms with Crippen LogP contribution in [0.15, 0.2) is 39.2 Å². The third-order valence-corrected chi connectivity index (χ3v) is 3.92. The van der Waals surface area contributed by atoms with Gasteiger partial charge in [-0.1, -0.05) is 23.7 Å². The maximum atomic E-state index is 5.90. The van der Waals surface area contributed by atoms with Crippen LogP contribution in [0.3, 0.4) is 0 Å². The van der Waals surface area contributed by atoms with E-state index in [0.29, 0.717) is 18.3 Å². The zero-order chi connectivity index (χ0) is 16.4. The van der Waals surface area contributed by atoms with E-state index in [2.05, 4.69) is 22.4 Å². The summed E-state index contributed by atoms with van der Waals surface area (Å²) in [5.41, 5.74) is 1.99. The lowest BCUT2D eigenvalue weighted by molar-refractivity contribution is 0.452. The highest BCUT2D eigenvalue weighted by molar-refractivity contribution is 6.30. The summed E-state index contributed by atoms with van der Waals surface area (Å²) in [6.07, 6.45) is 0. The van der Waals surface area contributed by atoms with E-state index >= 15 is 0 Å². The molecule has 0 aliphatic rings. The number of hydrogen-bond donors (Lipinski definition) is 1. The fourth-order valence-corrected chi connectivity index (χ4v) is 2.51. The Labute approximate surface area is 139 Å². The predicted octanol–water partition coefficient (Wildman–Crippen LogP) is 4.45. The van der Waals surface area contributed by atoms with E-state index in [1.165, 1.54) is 0 Å². The van der Waals surface area contributed by atoms with Crippen LogP contribution in [0.5, 0.6) is 0 Å². The molecule has 0 bridgehead atoms. The number of rotatable bonds is 5. The van der Waals surface area contributed by atoms with E-state index in [4.69, 9.17) is 20.4 Å². The SMILES string of the molecule is Cc1cc(-c2nnc(CN[C@@H](C)c3ccc(Cl)cc3)o2)c(C)o1. The normalized spacial score (nSPS) is 12.5. The average molecular weight is 332 g/mol. The van der Waals surface area contributed by atoms with Crippen LogP contribution in [-0.2, 0) is 6.54 Å². The summed E-state index contributed by atoms with van der Waals surface area (Å²) >= 11 is 5.90. The monoisotopic (exact) mass is 331 g/mol. The second-order valence-electron chi connectivity index (χ2n) is 5.48. The summed E-state index contributed by atoms with van der Waals surface area (Å²) in [4.78, 5) is 0. The number of nitrogens with one attached hydrogen (secondary N) is 1. The molecule has 5 nitrogen and oxygen atoms in total. The molecule has 0 spiro atoms. The number of aromatic nitrogens is 2. The van der Waals surface area contributed by atoms with Crippen molar-refractivity contribution in [1.29, 1.82) is 0 Å². The van der Waals surface area contributed by atoms with Crippen molar-refractivity contribution in [2.45, 2.75) is 33.4 Å². The van der Waals surface area contributed by atoms with E-state index < -0.39 is 0 Å². The Balaban J connectivity index is 1.65. The Hall–Kier alpha value is -2.11. The molecule has 0 saturated carbocycles. The molecule has 2 heterocycles. The topological polar surface area (TPSA) is 64.1 Å². The van der Waals surface area contributed by atoms with Gasteiger partial charge in [0.1, 0.15) is 11.5 Å². The van der Waals surface area contributed by atoms with Crippen LogP contribution in [0.2, 0.25) is 5.02 Å². The van der Waals surface area contributed by atoms with Crippen molar-refractivity contribution >= 4 is 11.6 Å². The minimum atomic E-state index is 0.153. The molecular formula is C17H18ClN3O2. The fraction of sp³-hybridized carbons (Fsp3) is 0.294. The Bertz CT molecular complexity index is 793. The highest BCUT2D eigenvalue weighted by Gasteiger charge is 2.15. The van der Waals surface area contributed by atoms with Crippen LogP contribution in [0.1, 0.15) is 35.9 Å². The lowest BCUT2D eigenvalue weighted by Crippen LogP contribution is -2.18. The third kappa shape index (κ3) is 3.63. The van der Waals surface area contributed by atoms with Gasteiger partial charge in [0, 0.05) is 11.1 Å². The molecule has 0 amide bonds. The van der Waals surface area contributed by atoms with E-state index in [9.17, 15) is 0 Å². The summed E-state index contributed by atoms with van der Waals surface area (Å²) in [5, 5.41) is 12.3. The summed E-state index contributed by atoms with van der Waals surface area (Å²) in [5.74, 6) is 2.63. The van der Waals surface area contributed by atoms with Gasteiger partial charge in [0.2, 0.25) is 5.89 Å². The summed E-state index contributed by atoms with van der Waals surface area (Å²) < 4.78 is 11.2. The zero-order valence-electron chi connectivity index (χ0n) is 13.3. The number of furan rings is 1. The van der Waals surface area contributed by atoms with E-state index in [1.54, 1.807) is 0 Å². The molecule has 0 aliphatic heterocycles. The second-order valence-corrected chi connectivity index (χ2v) is 5.92. The molecule has 0 aliphatic carbocycles. The van der Waals surface area contributed by atoms with Gasteiger partial charge in [0.05, 0.1) is 12.1 Å². The van der Waals surface area contributed by atoms with Crippen molar-refractivity contribution in [2.24, 2.45) is 0 Å². The first kappa shape index (κ1) is 15.8. The molecule has 0 radical (unpaired) electrons. The molecule has 3 aromatic rings. The Kier molecular flexibility index (Phi) is 4.50. The fourth-order valence-electron chi connectivity index (χ4n) is 2.39. The lowest BCUT2D eigenvalue weighted by Gasteiger charge is -2.12. The van der Waals surface area contributed by atoms with E-state index in [1.807, 2.05) is 44.2 Å². The van der Waals surface area contributed by atoms with Crippen LogP contribution in [-0.4, -0.2) is 10.2 Å². The highest BCUT2D eigenvalue weighted by atomic mass is 35.5. The van der Waals surface area contributed by atoms with Gasteiger partial charge in [-0.2, -0.15) is 0 Å². The Morgan fingerprint density at radius 2 is 1.87 bits per heavy atom. The molecule has 3 rings (SSSR count). The van der Waals surface area contributed by atoms with E-state index in [-0.39, 0.29) is 6.04 Å². The molecule has 1 N–H and O–H groups in total. The summed E-state index contributed by atoms with van der Waals surface area (Å²) in [6.45, 7) is 6.34. The number of hydrogen-bond acceptors (Lipinski definition) is 5. The summed E-state index contributed by atoms with van der Waals surface area (Å²) in [6, 6.07) is 9.80. The third-order valence-electron chi connectivity index (χ3n) is 3.67. The second kappa shape index (κ2) is 6.56. The molecule has 120 valence electrons. The molecule has 1 aromatic carbocycles. The number of nitrogens with zero attached hydrogens (tertiary/aromatic N) is 2. The van der Waals surface area contributed by atoms with Crippen molar-refractivity contribution in [3.05, 3.63) is 58.3 Å². The molecule has 1 atom stereocenters. The molecule has 6 heteroatoms. The van der Waals surface area contributed by atoms with Crippen molar-refractivity contribution in [2.75, 3.05) is 0 Å². The Morgan fingerprint density at radius 3 is 2.52 bits per heavy atom. The minimum Gasteiger partial charge on any atom is -0.466 e. The maximum absolute atomic E-state index is 5.90. The number of halogens is 1. The molecule has 23 heavy (non-hydrogen) atoms. The Morgan fingerprint density at radius 1 is 1.13 bits per heavy atom. The van der Waals surface area contributed by atoms with Crippen molar-refractivity contribution < 1.29 is 8.83 Å². The first-order valence-electron chi connectivity index (χ1n) is 7.41. The quantitative estimate of drug-likeness (QED) is 0.748. The largest absolute Gasteiger partial charge is 0.466 e. The average Bonchev–Trinajstić information content (AvgIpc) is 3.11. The highest BCUT2D eigenvalue weighted by Crippen LogP contribution is 2.25. The van der Waals surface area contributed by atoms with Crippen molar-refractivity contribution in [3.8, 4) is 11.5 Å². The first-order chi connectivity index (χ1) is 11.0. The van der Waals surface area contributed by atoms with Gasteiger partial charge in [0.15, 0.2) is 0 Å². The van der Waals surface area contributed by atoms with Gasteiger partial charge >= 0.3 is 0 Å². The van der Waals surface area contributed by atoms with Gasteiger partial charge in [-0.15, -0.1) is 10.2 Å². The van der Waals surface area contributed by atoms with Crippen LogP contribution >= 0.6 is 11.6 Å². The maximum Gasteiger partial charge on any atom is 0.251 e. The zero-order valence-corrected chi connectivity index (χ0v) is 14.0. The van der Waals surface area contributed by atoms with Crippen LogP contribution in [0.4, 0.5) is 0 Å². The van der Waals surface area contributed by atoms with Gasteiger partial charge in [-0.25, -0.2) is 0 Å². The lowest BCUT2D eigenvalue weighted by atomic mass is 10.1. The number of benzene rings is 1. The predicted molar refractivity (Wildman–Crippen MR) is 88.2 cm³/mol. The number of aryl methyl sites for hydroxylation is 2. The van der Waals surface area contributed by atoms with Crippen molar-refractivity contribution in [1.82, 2.24) is 15.5 Å². The van der Waals surface area contributed by atoms with Crippen LogP contribution < -0.4 is 5.32 Å². The summed E-state index contributed by atoms with van der Waals surface area (Å²) in [7, 11) is 0. The molecule has 2 aromatic heterocycles.